The second-order valence-corrected chi connectivity index (χ2v) is 14.3. The number of nitrogens with one attached hydrogen (secondary N) is 3. The van der Waals surface area contributed by atoms with Gasteiger partial charge in [-0.15, -0.1) is 0 Å². The number of ether oxygens (including phenoxy) is 3. The molecule has 3 aromatic carbocycles. The number of alkyl carbamates (subject to hydrolysis) is 1. The summed E-state index contributed by atoms with van der Waals surface area (Å²) in [5.41, 5.74) is -1.45. The molecule has 0 bridgehead atoms. The van der Waals surface area contributed by atoms with Crippen molar-refractivity contribution in [3.63, 3.8) is 0 Å². The van der Waals surface area contributed by atoms with Crippen LogP contribution in [-0.2, 0) is 38.9 Å². The van der Waals surface area contributed by atoms with Crippen molar-refractivity contribution in [2.45, 2.75) is 75.8 Å². The van der Waals surface area contributed by atoms with Crippen molar-refractivity contribution >= 4 is 29.8 Å². The second-order valence-electron chi connectivity index (χ2n) is 14.3. The van der Waals surface area contributed by atoms with Gasteiger partial charge in [0, 0.05) is 24.7 Å². The first-order chi connectivity index (χ1) is 25.3. The minimum absolute atomic E-state index is 0.0303. The molecule has 12 heteroatoms. The number of aliphatic hydroxyl groups excluding tert-OH is 1. The molecule has 3 amide bonds. The molecule has 2 aliphatic carbocycles. The van der Waals surface area contributed by atoms with Gasteiger partial charge in [-0.3, -0.25) is 14.4 Å². The summed E-state index contributed by atoms with van der Waals surface area (Å²) in [4.78, 5) is 67.8. The minimum atomic E-state index is -1.80. The molecular formula is C41H47N3O9. The Balaban J connectivity index is 1.45. The molecule has 2 fully saturated rings. The van der Waals surface area contributed by atoms with E-state index < -0.39 is 76.4 Å². The molecule has 3 aromatic rings. The van der Waals surface area contributed by atoms with Crippen molar-refractivity contribution in [1.29, 1.82) is 0 Å². The zero-order valence-corrected chi connectivity index (χ0v) is 30.4. The normalized spacial score (nSPS) is 22.3. The average molecular weight is 726 g/mol. The molecule has 0 saturated heterocycles. The summed E-state index contributed by atoms with van der Waals surface area (Å²) < 4.78 is 15.8. The summed E-state index contributed by atoms with van der Waals surface area (Å²) in [6.45, 7) is 9.96. The molecule has 0 spiro atoms. The van der Waals surface area contributed by atoms with Crippen LogP contribution in [0.4, 0.5) is 4.79 Å². The highest BCUT2D eigenvalue weighted by Gasteiger charge is 2.76. The quantitative estimate of drug-likeness (QED) is 0.0810. The smallest absolute Gasteiger partial charge is 0.408 e. The maximum absolute atomic E-state index is 14.2. The van der Waals surface area contributed by atoms with E-state index in [4.69, 9.17) is 14.2 Å². The van der Waals surface area contributed by atoms with Crippen LogP contribution in [0.15, 0.2) is 104 Å². The van der Waals surface area contributed by atoms with Crippen molar-refractivity contribution in [2.75, 3.05) is 6.61 Å². The maximum Gasteiger partial charge on any atom is 0.408 e. The second kappa shape index (κ2) is 16.0. The summed E-state index contributed by atoms with van der Waals surface area (Å²) >= 11 is 0. The van der Waals surface area contributed by atoms with E-state index in [0.29, 0.717) is 0 Å². The van der Waals surface area contributed by atoms with Crippen molar-refractivity contribution in [3.8, 4) is 0 Å². The summed E-state index contributed by atoms with van der Waals surface area (Å²) in [5.74, 6) is -5.19. The van der Waals surface area contributed by atoms with Crippen molar-refractivity contribution in [1.82, 2.24) is 16.0 Å². The Morgan fingerprint density at radius 1 is 0.906 bits per heavy atom. The Morgan fingerprint density at radius 2 is 1.43 bits per heavy atom. The number of fused-ring (bicyclic) bond motifs is 1. The van der Waals surface area contributed by atoms with E-state index in [9.17, 15) is 29.1 Å². The maximum atomic E-state index is 14.2. The lowest BCUT2D eigenvalue weighted by Crippen LogP contribution is -2.61. The van der Waals surface area contributed by atoms with Crippen LogP contribution in [0.5, 0.6) is 0 Å². The van der Waals surface area contributed by atoms with Crippen LogP contribution in [0.3, 0.4) is 0 Å². The highest BCUT2D eigenvalue weighted by molar-refractivity contribution is 5.95. The minimum Gasteiger partial charge on any atom is -0.464 e. The molecule has 280 valence electrons. The number of esters is 2. The van der Waals surface area contributed by atoms with Gasteiger partial charge in [0.1, 0.15) is 22.7 Å². The first-order valence-electron chi connectivity index (χ1n) is 17.7. The predicted molar refractivity (Wildman–Crippen MR) is 195 cm³/mol. The fraction of sp³-hybridized carbons (Fsp3) is 0.390. The van der Waals surface area contributed by atoms with E-state index in [-0.39, 0.29) is 25.9 Å². The SMILES string of the molecule is C=COC(=O)[C@H]1[C@H]2[C@@H]1[C@](NC(=O)C(CCC(=O)NC(c1ccccc1)(c1ccccc1)c1ccccc1)NC(=O)OC(C)(C)C)(C(=O)OCC)C[C@@H]2O. The first kappa shape index (κ1) is 38.7. The van der Waals surface area contributed by atoms with Gasteiger partial charge in [0.25, 0.3) is 0 Å². The fourth-order valence-electron chi connectivity index (χ4n) is 7.53. The molecular weight excluding hydrogens is 678 g/mol. The summed E-state index contributed by atoms with van der Waals surface area (Å²) in [7, 11) is 0. The van der Waals surface area contributed by atoms with E-state index in [0.717, 1.165) is 23.0 Å². The molecule has 0 radical (unpaired) electrons. The summed E-state index contributed by atoms with van der Waals surface area (Å²) in [6, 6.07) is 27.2. The van der Waals surface area contributed by atoms with Gasteiger partial charge in [-0.2, -0.15) is 0 Å². The number of rotatable bonds is 14. The van der Waals surface area contributed by atoms with E-state index >= 15 is 0 Å². The Kier molecular flexibility index (Phi) is 11.7. The molecule has 0 heterocycles. The Labute approximate surface area is 309 Å². The van der Waals surface area contributed by atoms with Crippen LogP contribution < -0.4 is 16.0 Å². The van der Waals surface area contributed by atoms with Gasteiger partial charge < -0.3 is 35.3 Å². The highest BCUT2D eigenvalue weighted by Crippen LogP contribution is 2.63. The number of amides is 3. The van der Waals surface area contributed by atoms with Crippen LogP contribution in [0.1, 0.15) is 63.6 Å². The predicted octanol–water partition coefficient (Wildman–Crippen LogP) is 4.50. The van der Waals surface area contributed by atoms with Gasteiger partial charge in [0.15, 0.2) is 0 Å². The van der Waals surface area contributed by atoms with Crippen molar-refractivity contribution in [2.24, 2.45) is 17.8 Å². The molecule has 1 unspecified atom stereocenters. The number of carbonyl (C=O) groups excluding carboxylic acids is 5. The largest absolute Gasteiger partial charge is 0.464 e. The van der Waals surface area contributed by atoms with Gasteiger partial charge in [-0.05, 0) is 50.8 Å². The van der Waals surface area contributed by atoms with Crippen LogP contribution in [0.25, 0.3) is 0 Å². The third kappa shape index (κ3) is 8.28. The summed E-state index contributed by atoms with van der Waals surface area (Å²) in [5, 5.41) is 19.5. The van der Waals surface area contributed by atoms with E-state index in [1.165, 1.54) is 0 Å². The van der Waals surface area contributed by atoms with Gasteiger partial charge in [0.05, 0.1) is 24.9 Å². The molecule has 0 aliphatic heterocycles. The van der Waals surface area contributed by atoms with Crippen molar-refractivity contribution in [3.05, 3.63) is 121 Å². The number of benzene rings is 3. The van der Waals surface area contributed by atoms with E-state index in [1.807, 2.05) is 91.0 Å². The standard InChI is InChI=1S/C41H47N3O9/c1-6-51-36(48)33-32-30(45)25-40(34(32)33,37(49)52-7-2)44-35(47)29(42-38(50)53-39(3,4)5)23-24-31(46)43-41(26-17-11-8-12-18-26,27-19-13-9-14-20-27)28-21-15-10-16-22-28/h6,8-22,29-30,32-34,45H,1,7,23-25H2,2-5H3,(H,42,50)(H,43,46)(H,44,47)/t29?,30-,32-,33-,34-,40-/m0/s1. The number of aliphatic hydroxyl groups is 1. The number of carbonyl (C=O) groups is 5. The van der Waals surface area contributed by atoms with Crippen LogP contribution >= 0.6 is 0 Å². The molecule has 6 atom stereocenters. The molecule has 2 aliphatic rings. The molecule has 4 N–H and O–H groups in total. The molecule has 12 nitrogen and oxygen atoms in total. The lowest BCUT2D eigenvalue weighted by atomic mass is 9.77. The van der Waals surface area contributed by atoms with Crippen LogP contribution in [0.2, 0.25) is 0 Å². The van der Waals surface area contributed by atoms with Crippen molar-refractivity contribution < 1.29 is 43.3 Å². The number of hydrogen-bond donors (Lipinski definition) is 4. The molecule has 53 heavy (non-hydrogen) atoms. The topological polar surface area (TPSA) is 169 Å². The Hall–Kier alpha value is -5.49. The molecule has 5 rings (SSSR count). The van der Waals surface area contributed by atoms with E-state index in [1.54, 1.807) is 27.7 Å². The lowest BCUT2D eigenvalue weighted by molar-refractivity contribution is -0.156. The van der Waals surface area contributed by atoms with E-state index in [2.05, 4.69) is 22.5 Å². The third-order valence-corrected chi connectivity index (χ3v) is 9.69. The fourth-order valence-corrected chi connectivity index (χ4v) is 7.53. The zero-order valence-electron chi connectivity index (χ0n) is 30.4. The Bertz CT molecular complexity index is 1700. The number of hydrogen-bond acceptors (Lipinski definition) is 9. The van der Waals surface area contributed by atoms with Crippen LogP contribution in [-0.4, -0.2) is 64.8 Å². The zero-order chi connectivity index (χ0) is 38.4. The summed E-state index contributed by atoms with van der Waals surface area (Å²) in [6.07, 6.45) is -1.75. The van der Waals surface area contributed by atoms with Gasteiger partial charge in [0.2, 0.25) is 11.8 Å². The third-order valence-electron chi connectivity index (χ3n) is 9.69. The van der Waals surface area contributed by atoms with Crippen LogP contribution in [0, 0.1) is 17.8 Å². The monoisotopic (exact) mass is 725 g/mol. The first-order valence-corrected chi connectivity index (χ1v) is 17.7. The molecule has 0 aromatic heterocycles. The Morgan fingerprint density at radius 3 is 1.91 bits per heavy atom. The van der Waals surface area contributed by atoms with Gasteiger partial charge >= 0.3 is 18.0 Å². The highest BCUT2D eigenvalue weighted by atomic mass is 16.6. The lowest BCUT2D eigenvalue weighted by Gasteiger charge is -2.37. The van der Waals surface area contributed by atoms with Gasteiger partial charge in [-0.25, -0.2) is 9.59 Å². The molecule has 2 saturated carbocycles. The van der Waals surface area contributed by atoms with Gasteiger partial charge in [-0.1, -0.05) is 97.6 Å². The average Bonchev–Trinajstić information content (AvgIpc) is 3.83.